The molecule has 3 aromatic rings. The Hall–Kier alpha value is -4.46. The van der Waals surface area contributed by atoms with Gasteiger partial charge < -0.3 is 30.0 Å². The first-order chi connectivity index (χ1) is 16.9. The van der Waals surface area contributed by atoms with E-state index in [1.807, 2.05) is 0 Å². The third kappa shape index (κ3) is 6.11. The zero-order valence-corrected chi connectivity index (χ0v) is 19.9. The number of rotatable bonds is 10. The van der Waals surface area contributed by atoms with Crippen LogP contribution in [0.15, 0.2) is 60.8 Å². The number of nitrogens with two attached hydrogens (primary N) is 1. The predicted octanol–water partition coefficient (Wildman–Crippen LogP) is 5.42. The van der Waals surface area contributed by atoms with Gasteiger partial charge in [0.25, 0.3) is 0 Å². The molecule has 35 heavy (non-hydrogen) atoms. The molecule has 7 nitrogen and oxygen atoms in total. The van der Waals surface area contributed by atoms with Crippen LogP contribution in [0.4, 0.5) is 15.8 Å². The van der Waals surface area contributed by atoms with Crippen molar-refractivity contribution in [2.24, 2.45) is 0 Å². The molecule has 182 valence electrons. The SMILES string of the molecule is COc1cc(N/C=C\C(=O)c2ccc(N)cc2)c(/C=C\c2cc(OC)c(OC)c(OC)c2)cc1F. The Bertz CT molecular complexity index is 1230. The Kier molecular flexibility index (Phi) is 8.34. The average Bonchev–Trinajstić information content (AvgIpc) is 2.87. The van der Waals surface area contributed by atoms with Gasteiger partial charge >= 0.3 is 0 Å². The molecule has 0 aliphatic carbocycles. The summed E-state index contributed by atoms with van der Waals surface area (Å²) in [5, 5.41) is 3.03. The Morgan fingerprint density at radius 2 is 1.49 bits per heavy atom. The summed E-state index contributed by atoms with van der Waals surface area (Å²) in [5.74, 6) is 0.798. The van der Waals surface area contributed by atoms with Crippen molar-refractivity contribution in [2.75, 3.05) is 39.5 Å². The summed E-state index contributed by atoms with van der Waals surface area (Å²) in [6.45, 7) is 0. The number of nitrogen functional groups attached to an aromatic ring is 1. The molecule has 0 amide bonds. The number of nitrogens with one attached hydrogen (secondary N) is 1. The van der Waals surface area contributed by atoms with E-state index >= 15 is 0 Å². The molecule has 0 bridgehead atoms. The molecule has 0 saturated heterocycles. The molecular weight excluding hydrogens is 451 g/mol. The maximum absolute atomic E-state index is 14.5. The highest BCUT2D eigenvalue weighted by Gasteiger charge is 2.13. The Balaban J connectivity index is 1.90. The number of benzene rings is 3. The fourth-order valence-corrected chi connectivity index (χ4v) is 3.32. The maximum Gasteiger partial charge on any atom is 0.203 e. The molecule has 0 spiro atoms. The molecule has 0 aliphatic rings. The van der Waals surface area contributed by atoms with Crippen molar-refractivity contribution < 1.29 is 28.1 Å². The lowest BCUT2D eigenvalue weighted by atomic mass is 10.1. The number of anilines is 2. The second-order valence-electron chi connectivity index (χ2n) is 7.33. The number of allylic oxidation sites excluding steroid dienone is 1. The summed E-state index contributed by atoms with van der Waals surface area (Å²) in [5.41, 5.74) is 8.55. The molecule has 0 radical (unpaired) electrons. The van der Waals surface area contributed by atoms with Gasteiger partial charge in [0.1, 0.15) is 0 Å². The van der Waals surface area contributed by atoms with Gasteiger partial charge in [-0.05, 0) is 48.0 Å². The first-order valence-electron chi connectivity index (χ1n) is 10.6. The van der Waals surface area contributed by atoms with Crippen LogP contribution >= 0.6 is 0 Å². The molecule has 8 heteroatoms. The third-order valence-electron chi connectivity index (χ3n) is 5.14. The van der Waals surface area contributed by atoms with E-state index in [0.29, 0.717) is 39.8 Å². The van der Waals surface area contributed by atoms with Crippen molar-refractivity contribution >= 4 is 29.3 Å². The Morgan fingerprint density at radius 3 is 2.06 bits per heavy atom. The lowest BCUT2D eigenvalue weighted by Gasteiger charge is -2.13. The largest absolute Gasteiger partial charge is 0.494 e. The van der Waals surface area contributed by atoms with E-state index in [2.05, 4.69) is 5.32 Å². The van der Waals surface area contributed by atoms with Crippen LogP contribution in [-0.4, -0.2) is 34.2 Å². The maximum atomic E-state index is 14.5. The summed E-state index contributed by atoms with van der Waals surface area (Å²) in [6, 6.07) is 13.0. The highest BCUT2D eigenvalue weighted by molar-refractivity contribution is 6.04. The first kappa shape index (κ1) is 25.2. The summed E-state index contributed by atoms with van der Waals surface area (Å²) in [7, 11) is 5.97. The molecule has 0 fully saturated rings. The molecule has 3 rings (SSSR count). The molecule has 0 aromatic heterocycles. The van der Waals surface area contributed by atoms with E-state index in [1.165, 1.54) is 52.8 Å². The monoisotopic (exact) mass is 478 g/mol. The van der Waals surface area contributed by atoms with E-state index in [4.69, 9.17) is 24.7 Å². The van der Waals surface area contributed by atoms with E-state index < -0.39 is 5.82 Å². The highest BCUT2D eigenvalue weighted by Crippen LogP contribution is 2.39. The van der Waals surface area contributed by atoms with E-state index in [9.17, 15) is 9.18 Å². The summed E-state index contributed by atoms with van der Waals surface area (Å²) >= 11 is 0. The van der Waals surface area contributed by atoms with E-state index in [-0.39, 0.29) is 11.5 Å². The first-order valence-corrected chi connectivity index (χ1v) is 10.6. The van der Waals surface area contributed by atoms with Gasteiger partial charge in [0, 0.05) is 40.8 Å². The van der Waals surface area contributed by atoms with E-state index in [1.54, 1.807) is 48.6 Å². The second-order valence-corrected chi connectivity index (χ2v) is 7.33. The number of hydrogen-bond donors (Lipinski definition) is 2. The smallest absolute Gasteiger partial charge is 0.203 e. The van der Waals surface area contributed by atoms with Crippen LogP contribution in [0, 0.1) is 5.82 Å². The Morgan fingerprint density at radius 1 is 0.857 bits per heavy atom. The van der Waals surface area contributed by atoms with Crippen LogP contribution in [0.25, 0.3) is 12.2 Å². The van der Waals surface area contributed by atoms with Crippen LogP contribution < -0.4 is 30.0 Å². The minimum absolute atomic E-state index is 0.0655. The number of carbonyl (C=O) groups is 1. The van der Waals surface area contributed by atoms with Crippen molar-refractivity contribution in [1.82, 2.24) is 0 Å². The molecular formula is C27H27FN2O5. The topological polar surface area (TPSA) is 92.0 Å². The quantitative estimate of drug-likeness (QED) is 0.174. The minimum atomic E-state index is -0.524. The number of halogens is 1. The number of carbonyl (C=O) groups excluding carboxylic acids is 1. The van der Waals surface area contributed by atoms with E-state index in [0.717, 1.165) is 5.56 Å². The lowest BCUT2D eigenvalue weighted by molar-refractivity contribution is 0.104. The minimum Gasteiger partial charge on any atom is -0.494 e. The number of ether oxygens (including phenoxy) is 4. The van der Waals surface area contributed by atoms with Gasteiger partial charge in [-0.25, -0.2) is 4.39 Å². The van der Waals surface area contributed by atoms with Gasteiger partial charge in [-0.3, -0.25) is 4.79 Å². The van der Waals surface area contributed by atoms with Gasteiger partial charge in [-0.15, -0.1) is 0 Å². The van der Waals surface area contributed by atoms with Gasteiger partial charge in [0.2, 0.25) is 5.75 Å². The molecule has 0 atom stereocenters. The molecule has 0 aliphatic heterocycles. The van der Waals surface area contributed by atoms with Crippen molar-refractivity contribution in [1.29, 1.82) is 0 Å². The van der Waals surface area contributed by atoms with Gasteiger partial charge in [-0.1, -0.05) is 12.2 Å². The zero-order valence-electron chi connectivity index (χ0n) is 19.9. The molecule has 0 unspecified atom stereocenters. The van der Waals surface area contributed by atoms with Crippen LogP contribution in [-0.2, 0) is 0 Å². The summed E-state index contributed by atoms with van der Waals surface area (Å²) in [6.07, 6.45) is 6.37. The van der Waals surface area contributed by atoms with Crippen LogP contribution in [0.5, 0.6) is 23.0 Å². The number of ketones is 1. The normalized spacial score (nSPS) is 11.0. The van der Waals surface area contributed by atoms with Crippen LogP contribution in [0.3, 0.4) is 0 Å². The zero-order chi connectivity index (χ0) is 25.4. The van der Waals surface area contributed by atoms with Gasteiger partial charge in [-0.2, -0.15) is 0 Å². The molecule has 0 saturated carbocycles. The highest BCUT2D eigenvalue weighted by atomic mass is 19.1. The van der Waals surface area contributed by atoms with Crippen LogP contribution in [0.1, 0.15) is 21.5 Å². The lowest BCUT2D eigenvalue weighted by Crippen LogP contribution is -1.99. The molecule has 0 heterocycles. The average molecular weight is 479 g/mol. The fraction of sp³-hybridized carbons (Fsp3) is 0.148. The van der Waals surface area contributed by atoms with Crippen LogP contribution in [0.2, 0.25) is 0 Å². The van der Waals surface area contributed by atoms with Gasteiger partial charge in [0.15, 0.2) is 28.8 Å². The Labute approximate surface area is 203 Å². The number of hydrogen-bond acceptors (Lipinski definition) is 7. The predicted molar refractivity (Wildman–Crippen MR) is 136 cm³/mol. The van der Waals surface area contributed by atoms with Crippen molar-refractivity contribution in [3.63, 3.8) is 0 Å². The molecule has 3 aromatic carbocycles. The van der Waals surface area contributed by atoms with Gasteiger partial charge in [0.05, 0.1) is 28.4 Å². The fourth-order valence-electron chi connectivity index (χ4n) is 3.32. The standard InChI is InChI=1S/C27H27FN2O5/c1-32-24-16-22(30-12-11-23(31)18-7-9-20(29)10-8-18)19(15-21(24)28)6-5-17-13-25(33-2)27(35-4)26(14-17)34-3/h5-16,30H,29H2,1-4H3/b6-5-,12-11-. The van der Waals surface area contributed by atoms with Crippen molar-refractivity contribution in [3.8, 4) is 23.0 Å². The van der Waals surface area contributed by atoms with Crippen molar-refractivity contribution in [2.45, 2.75) is 0 Å². The molecule has 3 N–H and O–H groups in total. The third-order valence-corrected chi connectivity index (χ3v) is 5.14. The summed E-state index contributed by atoms with van der Waals surface area (Å²) in [4.78, 5) is 12.4. The van der Waals surface area contributed by atoms with Crippen molar-refractivity contribution in [3.05, 3.63) is 83.3 Å². The second kappa shape index (κ2) is 11.6. The number of methoxy groups -OCH3 is 4. The summed E-state index contributed by atoms with van der Waals surface area (Å²) < 4.78 is 35.7.